The molecule has 0 spiro atoms. The molecule has 4 aromatic rings. The minimum Gasteiger partial charge on any atom is -0.493 e. The molecular formula is C43H52N2O4. The highest BCUT2D eigenvalue weighted by molar-refractivity contribution is 5.82. The van der Waals surface area contributed by atoms with Crippen molar-refractivity contribution in [1.29, 1.82) is 0 Å². The first kappa shape index (κ1) is 34.3. The molecule has 0 unspecified atom stereocenters. The van der Waals surface area contributed by atoms with Crippen LogP contribution in [0.5, 0.6) is 23.0 Å². The van der Waals surface area contributed by atoms with E-state index in [9.17, 15) is 0 Å². The van der Waals surface area contributed by atoms with Crippen molar-refractivity contribution in [2.45, 2.75) is 77.3 Å². The minimum atomic E-state index is 0.401. The van der Waals surface area contributed by atoms with Crippen LogP contribution in [0.1, 0.15) is 76.3 Å². The Morgan fingerprint density at radius 3 is 1.18 bits per heavy atom. The van der Waals surface area contributed by atoms with Gasteiger partial charge in [0.25, 0.3) is 0 Å². The van der Waals surface area contributed by atoms with Gasteiger partial charge in [0, 0.05) is 47.0 Å². The molecule has 0 radical (unpaired) electrons. The van der Waals surface area contributed by atoms with Crippen molar-refractivity contribution in [1.82, 2.24) is 0 Å². The molecule has 6 heteroatoms. The van der Waals surface area contributed by atoms with Gasteiger partial charge in [-0.3, -0.25) is 0 Å². The Bertz CT molecular complexity index is 1580. The predicted octanol–water partition coefficient (Wildman–Crippen LogP) is 11.0. The molecule has 2 saturated carbocycles. The van der Waals surface area contributed by atoms with Crippen LogP contribution in [0.25, 0.3) is 5.57 Å². The van der Waals surface area contributed by atoms with Crippen molar-refractivity contribution in [3.05, 3.63) is 102 Å². The normalized spacial score (nSPS) is 14.9. The lowest BCUT2D eigenvalue weighted by Crippen LogP contribution is -2.28. The van der Waals surface area contributed by atoms with Crippen LogP contribution in [0.4, 0.5) is 22.7 Å². The summed E-state index contributed by atoms with van der Waals surface area (Å²) in [6, 6.07) is 31.7. The zero-order chi connectivity index (χ0) is 34.3. The number of benzene rings is 4. The van der Waals surface area contributed by atoms with E-state index in [1.54, 1.807) is 28.4 Å². The van der Waals surface area contributed by atoms with Crippen LogP contribution < -0.4 is 28.7 Å². The van der Waals surface area contributed by atoms with E-state index in [1.165, 1.54) is 79.4 Å². The van der Waals surface area contributed by atoms with Crippen LogP contribution >= 0.6 is 0 Å². The highest BCUT2D eigenvalue weighted by atomic mass is 16.5. The van der Waals surface area contributed by atoms with Crippen molar-refractivity contribution in [3.63, 3.8) is 0 Å². The summed E-state index contributed by atoms with van der Waals surface area (Å²) < 4.78 is 22.5. The Morgan fingerprint density at radius 1 is 0.510 bits per heavy atom. The summed E-state index contributed by atoms with van der Waals surface area (Å²) in [5.41, 5.74) is 8.35. The molecule has 2 fully saturated rings. The van der Waals surface area contributed by atoms with Gasteiger partial charge in [-0.15, -0.1) is 0 Å². The van der Waals surface area contributed by atoms with E-state index in [1.807, 2.05) is 12.1 Å². The van der Waals surface area contributed by atoms with Crippen molar-refractivity contribution >= 4 is 28.3 Å². The monoisotopic (exact) mass is 660 g/mol. The number of allylic oxidation sites excluding steroid dienone is 1. The number of hydrogen-bond acceptors (Lipinski definition) is 6. The molecule has 0 heterocycles. The summed E-state index contributed by atoms with van der Waals surface area (Å²) in [6.07, 6.45) is 12.1. The number of ether oxygens (including phenoxy) is 4. The molecular weight excluding hydrogens is 608 g/mol. The lowest BCUT2D eigenvalue weighted by atomic mass is 9.94. The maximum atomic E-state index is 5.69. The van der Waals surface area contributed by atoms with Crippen LogP contribution in [0.3, 0.4) is 0 Å². The van der Waals surface area contributed by atoms with E-state index >= 15 is 0 Å². The number of nitrogens with zero attached hydrogens (tertiary/aromatic N) is 2. The van der Waals surface area contributed by atoms with Crippen LogP contribution in [-0.4, -0.2) is 40.5 Å². The van der Waals surface area contributed by atoms with Gasteiger partial charge in [0.15, 0.2) is 23.0 Å². The lowest BCUT2D eigenvalue weighted by Gasteiger charge is -2.32. The van der Waals surface area contributed by atoms with E-state index in [0.29, 0.717) is 18.0 Å². The number of anilines is 4. The van der Waals surface area contributed by atoms with Gasteiger partial charge in [-0.2, -0.15) is 0 Å². The van der Waals surface area contributed by atoms with Gasteiger partial charge in [-0.1, -0.05) is 69.9 Å². The first-order valence-corrected chi connectivity index (χ1v) is 17.9. The first-order valence-electron chi connectivity index (χ1n) is 17.9. The molecule has 2 aliphatic carbocycles. The third kappa shape index (κ3) is 7.54. The highest BCUT2D eigenvalue weighted by Crippen LogP contribution is 2.42. The number of methoxy groups -OCH3 is 4. The zero-order valence-electron chi connectivity index (χ0n) is 30.1. The van der Waals surface area contributed by atoms with Crippen molar-refractivity contribution in [2.24, 2.45) is 5.92 Å². The maximum Gasteiger partial charge on any atom is 0.162 e. The fourth-order valence-corrected chi connectivity index (χ4v) is 7.71. The molecule has 0 N–H and O–H groups in total. The molecule has 0 atom stereocenters. The van der Waals surface area contributed by atoms with Crippen LogP contribution in [0.15, 0.2) is 91.0 Å². The quantitative estimate of drug-likeness (QED) is 0.142. The molecule has 0 saturated heterocycles. The Hall–Kier alpha value is -4.58. The maximum absolute atomic E-state index is 5.69. The summed E-state index contributed by atoms with van der Waals surface area (Å²) in [6.45, 7) is 4.50. The van der Waals surface area contributed by atoms with Crippen LogP contribution in [0, 0.1) is 5.92 Å². The van der Waals surface area contributed by atoms with Gasteiger partial charge in [0.05, 0.1) is 28.4 Å². The fourth-order valence-electron chi connectivity index (χ4n) is 7.71. The average Bonchev–Trinajstić information content (AvgIpc) is 3.87. The van der Waals surface area contributed by atoms with Crippen LogP contribution in [0.2, 0.25) is 0 Å². The van der Waals surface area contributed by atoms with Crippen LogP contribution in [-0.2, 0) is 0 Å². The SMILES string of the molecule is COc1ccc(N(c2ccc(C(=CC(C)C)c3ccc(N(c4ccc(OC)c(OC)c4)C4CCCC4)cc3)cc2)C2CCCC2)cc1OC. The molecule has 6 rings (SSSR count). The predicted molar refractivity (Wildman–Crippen MR) is 203 cm³/mol. The second kappa shape index (κ2) is 15.8. The second-order valence-electron chi connectivity index (χ2n) is 13.6. The van der Waals surface area contributed by atoms with Crippen molar-refractivity contribution < 1.29 is 18.9 Å². The molecule has 0 bridgehead atoms. The Labute approximate surface area is 293 Å². The average molecular weight is 661 g/mol. The Kier molecular flexibility index (Phi) is 11.0. The summed E-state index contributed by atoms with van der Waals surface area (Å²) in [5, 5.41) is 0. The number of rotatable bonds is 13. The largest absolute Gasteiger partial charge is 0.493 e. The van der Waals surface area contributed by atoms with Crippen molar-refractivity contribution in [2.75, 3.05) is 38.2 Å². The van der Waals surface area contributed by atoms with E-state index in [0.717, 1.165) is 34.4 Å². The van der Waals surface area contributed by atoms with Gasteiger partial charge in [-0.05, 0) is 96.8 Å². The summed E-state index contributed by atoms with van der Waals surface area (Å²) in [5.74, 6) is 3.40. The molecule has 49 heavy (non-hydrogen) atoms. The standard InChI is InChI=1S/C43H52N2O4/c1-30(2)27-39(31-15-19-35(20-16-31)44(33-11-7-8-12-33)37-23-25-40(46-3)42(28-37)48-5)32-17-21-36(22-18-32)45(34-13-9-10-14-34)38-24-26-41(47-4)43(29-38)49-6/h15-30,33-34H,7-14H2,1-6H3. The molecule has 4 aromatic carbocycles. The van der Waals surface area contributed by atoms with Gasteiger partial charge in [-0.25, -0.2) is 0 Å². The third-order valence-corrected chi connectivity index (χ3v) is 10.1. The molecule has 0 amide bonds. The summed E-state index contributed by atoms with van der Waals surface area (Å²) in [7, 11) is 6.78. The summed E-state index contributed by atoms with van der Waals surface area (Å²) in [4.78, 5) is 4.98. The topological polar surface area (TPSA) is 43.4 Å². The molecule has 0 aliphatic heterocycles. The zero-order valence-corrected chi connectivity index (χ0v) is 30.1. The van der Waals surface area contributed by atoms with E-state index in [-0.39, 0.29) is 0 Å². The molecule has 2 aliphatic rings. The smallest absolute Gasteiger partial charge is 0.162 e. The minimum absolute atomic E-state index is 0.401. The summed E-state index contributed by atoms with van der Waals surface area (Å²) >= 11 is 0. The Balaban J connectivity index is 1.32. The van der Waals surface area contributed by atoms with Gasteiger partial charge >= 0.3 is 0 Å². The molecule has 6 nitrogen and oxygen atoms in total. The number of hydrogen-bond donors (Lipinski definition) is 0. The first-order chi connectivity index (χ1) is 23.9. The Morgan fingerprint density at radius 2 is 0.857 bits per heavy atom. The fraction of sp³-hybridized carbons (Fsp3) is 0.395. The van der Waals surface area contributed by atoms with E-state index in [2.05, 4.69) is 103 Å². The van der Waals surface area contributed by atoms with Gasteiger partial charge in [0.1, 0.15) is 0 Å². The molecule has 258 valence electrons. The van der Waals surface area contributed by atoms with E-state index < -0.39 is 0 Å². The second-order valence-corrected chi connectivity index (χ2v) is 13.6. The third-order valence-electron chi connectivity index (χ3n) is 10.1. The van der Waals surface area contributed by atoms with Crippen molar-refractivity contribution in [3.8, 4) is 23.0 Å². The molecule has 0 aromatic heterocycles. The highest BCUT2D eigenvalue weighted by Gasteiger charge is 2.27. The van der Waals surface area contributed by atoms with Gasteiger partial charge < -0.3 is 28.7 Å². The lowest BCUT2D eigenvalue weighted by molar-refractivity contribution is 0.355. The van der Waals surface area contributed by atoms with Gasteiger partial charge in [0.2, 0.25) is 0 Å². The van der Waals surface area contributed by atoms with E-state index in [4.69, 9.17) is 18.9 Å².